The SMILES string of the molecule is CCC1CN(C)CN(c2cc(=O)n(C(C)C)cn2)C1. The van der Waals surface area contributed by atoms with Crippen molar-refractivity contribution in [2.24, 2.45) is 5.92 Å². The molecular weight excluding hydrogens is 240 g/mol. The van der Waals surface area contributed by atoms with Gasteiger partial charge in [-0.05, 0) is 26.8 Å². The van der Waals surface area contributed by atoms with E-state index in [-0.39, 0.29) is 11.6 Å². The van der Waals surface area contributed by atoms with Crippen LogP contribution >= 0.6 is 0 Å². The van der Waals surface area contributed by atoms with Crippen LogP contribution in [0.2, 0.25) is 0 Å². The molecule has 0 amide bonds. The van der Waals surface area contributed by atoms with Gasteiger partial charge in [0.05, 0.1) is 6.67 Å². The molecule has 1 atom stereocenters. The van der Waals surface area contributed by atoms with Crippen LogP contribution in [0.15, 0.2) is 17.2 Å². The van der Waals surface area contributed by atoms with Crippen molar-refractivity contribution >= 4 is 5.82 Å². The summed E-state index contributed by atoms with van der Waals surface area (Å²) in [6.45, 7) is 9.14. The maximum atomic E-state index is 12.0. The molecule has 1 aliphatic heterocycles. The highest BCUT2D eigenvalue weighted by Crippen LogP contribution is 2.18. The fourth-order valence-corrected chi connectivity index (χ4v) is 2.60. The third kappa shape index (κ3) is 3.15. The van der Waals surface area contributed by atoms with Crippen molar-refractivity contribution in [1.29, 1.82) is 0 Å². The number of anilines is 1. The van der Waals surface area contributed by atoms with E-state index in [0.717, 1.165) is 32.0 Å². The molecule has 106 valence electrons. The van der Waals surface area contributed by atoms with Crippen LogP contribution in [0.5, 0.6) is 0 Å². The summed E-state index contributed by atoms with van der Waals surface area (Å²) in [7, 11) is 2.12. The summed E-state index contributed by atoms with van der Waals surface area (Å²) in [6.07, 6.45) is 2.82. The van der Waals surface area contributed by atoms with Gasteiger partial charge < -0.3 is 4.90 Å². The number of aromatic nitrogens is 2. The van der Waals surface area contributed by atoms with E-state index < -0.39 is 0 Å². The molecule has 2 heterocycles. The monoisotopic (exact) mass is 264 g/mol. The minimum absolute atomic E-state index is 0.0290. The van der Waals surface area contributed by atoms with Gasteiger partial charge in [-0.15, -0.1) is 0 Å². The van der Waals surface area contributed by atoms with Crippen molar-refractivity contribution in [3.8, 4) is 0 Å². The number of hydrogen-bond donors (Lipinski definition) is 0. The van der Waals surface area contributed by atoms with E-state index >= 15 is 0 Å². The van der Waals surface area contributed by atoms with Gasteiger partial charge in [-0.3, -0.25) is 14.3 Å². The summed E-state index contributed by atoms with van der Waals surface area (Å²) in [6, 6.07) is 1.81. The zero-order valence-electron chi connectivity index (χ0n) is 12.3. The lowest BCUT2D eigenvalue weighted by Gasteiger charge is -2.38. The third-order valence-corrected chi connectivity index (χ3v) is 3.74. The van der Waals surface area contributed by atoms with Crippen LogP contribution in [0, 0.1) is 5.92 Å². The van der Waals surface area contributed by atoms with Crippen LogP contribution in [0.25, 0.3) is 0 Å². The maximum absolute atomic E-state index is 12.0. The van der Waals surface area contributed by atoms with Crippen molar-refractivity contribution in [1.82, 2.24) is 14.5 Å². The Morgan fingerprint density at radius 3 is 2.74 bits per heavy atom. The molecule has 0 radical (unpaired) electrons. The van der Waals surface area contributed by atoms with E-state index in [0.29, 0.717) is 5.92 Å². The highest BCUT2D eigenvalue weighted by molar-refractivity contribution is 5.37. The molecule has 0 aliphatic carbocycles. The van der Waals surface area contributed by atoms with Crippen molar-refractivity contribution in [2.75, 3.05) is 31.7 Å². The number of nitrogens with zero attached hydrogens (tertiary/aromatic N) is 4. The minimum atomic E-state index is 0.0290. The summed E-state index contributed by atoms with van der Waals surface area (Å²) in [5.41, 5.74) is 0.0290. The van der Waals surface area contributed by atoms with Gasteiger partial charge in [0.1, 0.15) is 12.1 Å². The zero-order chi connectivity index (χ0) is 14.0. The van der Waals surface area contributed by atoms with Crippen molar-refractivity contribution < 1.29 is 0 Å². The quantitative estimate of drug-likeness (QED) is 0.831. The predicted molar refractivity (Wildman–Crippen MR) is 77.5 cm³/mol. The molecule has 0 spiro atoms. The molecule has 2 rings (SSSR count). The highest BCUT2D eigenvalue weighted by atomic mass is 16.1. The highest BCUT2D eigenvalue weighted by Gasteiger charge is 2.23. The summed E-state index contributed by atoms with van der Waals surface area (Å²) in [4.78, 5) is 21.0. The molecule has 1 unspecified atom stereocenters. The van der Waals surface area contributed by atoms with Crippen molar-refractivity contribution in [3.63, 3.8) is 0 Å². The predicted octanol–water partition coefficient (Wildman–Crippen LogP) is 1.56. The van der Waals surface area contributed by atoms with E-state index in [1.54, 1.807) is 17.0 Å². The van der Waals surface area contributed by atoms with Crippen LogP contribution in [0.3, 0.4) is 0 Å². The molecule has 0 N–H and O–H groups in total. The minimum Gasteiger partial charge on any atom is -0.343 e. The van der Waals surface area contributed by atoms with Gasteiger partial charge >= 0.3 is 0 Å². The Hall–Kier alpha value is -1.36. The van der Waals surface area contributed by atoms with Gasteiger partial charge in [0.25, 0.3) is 5.56 Å². The van der Waals surface area contributed by atoms with Gasteiger partial charge in [0.2, 0.25) is 0 Å². The van der Waals surface area contributed by atoms with Crippen molar-refractivity contribution in [3.05, 3.63) is 22.7 Å². The Labute approximate surface area is 114 Å². The Kier molecular flexibility index (Phi) is 4.24. The second-order valence-electron chi connectivity index (χ2n) is 5.76. The van der Waals surface area contributed by atoms with E-state index in [2.05, 4.69) is 28.8 Å². The van der Waals surface area contributed by atoms with Gasteiger partial charge in [-0.25, -0.2) is 4.98 Å². The Balaban J connectivity index is 2.22. The molecule has 1 aromatic rings. The fourth-order valence-electron chi connectivity index (χ4n) is 2.60. The zero-order valence-corrected chi connectivity index (χ0v) is 12.3. The standard InChI is InChI=1S/C14H24N4O/c1-5-12-7-16(4)10-17(8-12)13-6-14(19)18(9-15-13)11(2)3/h6,9,11-12H,5,7-8,10H2,1-4H3. The fraction of sp³-hybridized carbons (Fsp3) is 0.714. The summed E-state index contributed by atoms with van der Waals surface area (Å²) in [5, 5.41) is 0. The van der Waals surface area contributed by atoms with Crippen LogP contribution in [0.1, 0.15) is 33.2 Å². The molecule has 19 heavy (non-hydrogen) atoms. The Morgan fingerprint density at radius 1 is 1.42 bits per heavy atom. The Bertz CT molecular complexity index is 483. The average Bonchev–Trinajstić information content (AvgIpc) is 2.37. The largest absolute Gasteiger partial charge is 0.343 e. The van der Waals surface area contributed by atoms with E-state index in [9.17, 15) is 4.79 Å². The second kappa shape index (κ2) is 5.74. The molecule has 0 saturated carbocycles. The molecule has 1 fully saturated rings. The van der Waals surface area contributed by atoms with E-state index in [1.165, 1.54) is 0 Å². The Morgan fingerprint density at radius 2 is 2.16 bits per heavy atom. The number of hydrogen-bond acceptors (Lipinski definition) is 4. The molecule has 1 aliphatic rings. The van der Waals surface area contributed by atoms with Crippen LogP contribution in [-0.4, -0.2) is 41.3 Å². The average molecular weight is 264 g/mol. The van der Waals surface area contributed by atoms with Crippen LogP contribution < -0.4 is 10.5 Å². The molecule has 5 heteroatoms. The van der Waals surface area contributed by atoms with E-state index in [1.807, 2.05) is 13.8 Å². The maximum Gasteiger partial charge on any atom is 0.255 e. The second-order valence-corrected chi connectivity index (χ2v) is 5.76. The lowest BCUT2D eigenvalue weighted by atomic mass is 10.0. The van der Waals surface area contributed by atoms with E-state index in [4.69, 9.17) is 0 Å². The van der Waals surface area contributed by atoms with Crippen molar-refractivity contribution in [2.45, 2.75) is 33.2 Å². The first-order chi connectivity index (χ1) is 9.01. The lowest BCUT2D eigenvalue weighted by molar-refractivity contribution is 0.225. The summed E-state index contributed by atoms with van der Waals surface area (Å²) >= 11 is 0. The topological polar surface area (TPSA) is 41.4 Å². The molecule has 1 aromatic heterocycles. The first kappa shape index (κ1) is 14.1. The van der Waals surface area contributed by atoms with Crippen LogP contribution in [-0.2, 0) is 0 Å². The van der Waals surface area contributed by atoms with Gasteiger partial charge in [0, 0.05) is 25.2 Å². The third-order valence-electron chi connectivity index (χ3n) is 3.74. The van der Waals surface area contributed by atoms with Gasteiger partial charge in [-0.1, -0.05) is 13.3 Å². The molecule has 1 saturated heterocycles. The lowest BCUT2D eigenvalue weighted by Crippen LogP contribution is -2.48. The summed E-state index contributed by atoms with van der Waals surface area (Å²) in [5.74, 6) is 1.44. The molecule has 0 bridgehead atoms. The molecule has 0 aromatic carbocycles. The molecule has 5 nitrogen and oxygen atoms in total. The first-order valence-corrected chi connectivity index (χ1v) is 7.03. The molecular formula is C14H24N4O. The smallest absolute Gasteiger partial charge is 0.255 e. The van der Waals surface area contributed by atoms with Crippen LogP contribution in [0.4, 0.5) is 5.82 Å². The number of rotatable bonds is 3. The normalized spacial score (nSPS) is 21.1. The first-order valence-electron chi connectivity index (χ1n) is 7.03. The summed E-state index contributed by atoms with van der Waals surface area (Å²) < 4.78 is 1.66. The van der Waals surface area contributed by atoms with Gasteiger partial charge in [-0.2, -0.15) is 0 Å². The van der Waals surface area contributed by atoms with Gasteiger partial charge in [0.15, 0.2) is 0 Å².